The Bertz CT molecular complexity index is 688. The zero-order chi connectivity index (χ0) is 17.1. The third-order valence-electron chi connectivity index (χ3n) is 4.30. The minimum absolute atomic E-state index is 0.0851. The molecule has 24 heavy (non-hydrogen) atoms. The molecule has 0 aromatic carbocycles. The lowest BCUT2D eigenvalue weighted by molar-refractivity contribution is -0.00701. The maximum absolute atomic E-state index is 12.3. The maximum Gasteiger partial charge on any atom is 0.320 e. The summed E-state index contributed by atoms with van der Waals surface area (Å²) in [6.07, 6.45) is 5.41. The Kier molecular flexibility index (Phi) is 4.84. The Morgan fingerprint density at radius 1 is 1.50 bits per heavy atom. The first-order valence-electron chi connectivity index (χ1n) is 8.29. The molecule has 1 saturated heterocycles. The van der Waals surface area contributed by atoms with E-state index in [4.69, 9.17) is 4.74 Å². The summed E-state index contributed by atoms with van der Waals surface area (Å²) in [6.45, 7) is 5.48. The average molecular weight is 332 g/mol. The van der Waals surface area contributed by atoms with Gasteiger partial charge >= 0.3 is 6.03 Å². The van der Waals surface area contributed by atoms with Gasteiger partial charge in [0.2, 0.25) is 0 Å². The molecule has 0 unspecified atom stereocenters. The van der Waals surface area contributed by atoms with Crippen LogP contribution in [-0.4, -0.2) is 38.2 Å². The first-order chi connectivity index (χ1) is 11.6. The Morgan fingerprint density at radius 3 is 3.00 bits per heavy atom. The van der Waals surface area contributed by atoms with Crippen molar-refractivity contribution in [1.29, 1.82) is 0 Å². The van der Waals surface area contributed by atoms with Gasteiger partial charge < -0.3 is 10.1 Å². The van der Waals surface area contributed by atoms with Crippen LogP contribution in [0.1, 0.15) is 37.1 Å². The zero-order valence-corrected chi connectivity index (χ0v) is 14.3. The van der Waals surface area contributed by atoms with E-state index in [0.717, 1.165) is 30.6 Å². The molecule has 0 radical (unpaired) electrons. The number of aromatic nitrogens is 4. The molecule has 0 saturated carbocycles. The summed E-state index contributed by atoms with van der Waals surface area (Å²) in [5, 5.41) is 14.3. The van der Waals surface area contributed by atoms with Crippen molar-refractivity contribution < 1.29 is 9.53 Å². The van der Waals surface area contributed by atoms with Crippen LogP contribution in [0.4, 0.5) is 10.6 Å². The summed E-state index contributed by atoms with van der Waals surface area (Å²) in [6, 6.07) is 1.48. The molecule has 1 fully saturated rings. The summed E-state index contributed by atoms with van der Waals surface area (Å²) < 4.78 is 9.48. The van der Waals surface area contributed by atoms with Gasteiger partial charge in [0.1, 0.15) is 6.10 Å². The Labute approximate surface area is 141 Å². The second kappa shape index (κ2) is 7.04. The first-order valence-corrected chi connectivity index (χ1v) is 8.29. The molecule has 2 N–H and O–H groups in total. The Morgan fingerprint density at radius 2 is 2.33 bits per heavy atom. The maximum atomic E-state index is 12.3. The number of carbonyl (C=O) groups excluding carboxylic acids is 1. The van der Waals surface area contributed by atoms with E-state index in [9.17, 15) is 4.79 Å². The molecule has 1 aliphatic rings. The van der Waals surface area contributed by atoms with Crippen molar-refractivity contribution >= 4 is 11.8 Å². The molecule has 130 valence electrons. The number of carbonyl (C=O) groups is 1. The van der Waals surface area contributed by atoms with Gasteiger partial charge in [0.15, 0.2) is 5.82 Å². The molecule has 2 aromatic heterocycles. The van der Waals surface area contributed by atoms with Crippen LogP contribution < -0.4 is 10.6 Å². The SMILES string of the molecule is CCn1cc([C@H]2OCCC[C@@H]2NC(=O)Nc2cc(C)n(C)n2)cn1. The van der Waals surface area contributed by atoms with Crippen molar-refractivity contribution in [2.24, 2.45) is 7.05 Å². The molecular weight excluding hydrogens is 308 g/mol. The monoisotopic (exact) mass is 332 g/mol. The van der Waals surface area contributed by atoms with Crippen LogP contribution in [0, 0.1) is 6.92 Å². The van der Waals surface area contributed by atoms with Crippen molar-refractivity contribution in [1.82, 2.24) is 24.9 Å². The molecule has 2 amide bonds. The van der Waals surface area contributed by atoms with Gasteiger partial charge in [-0.3, -0.25) is 14.7 Å². The predicted molar refractivity (Wildman–Crippen MR) is 89.7 cm³/mol. The van der Waals surface area contributed by atoms with Crippen LogP contribution in [0.25, 0.3) is 0 Å². The molecule has 0 bridgehead atoms. The van der Waals surface area contributed by atoms with Gasteiger partial charge in [0.25, 0.3) is 0 Å². The highest BCUT2D eigenvalue weighted by molar-refractivity contribution is 5.88. The summed E-state index contributed by atoms with van der Waals surface area (Å²) in [4.78, 5) is 12.3. The molecule has 0 spiro atoms. The topological polar surface area (TPSA) is 86.0 Å². The third-order valence-corrected chi connectivity index (χ3v) is 4.30. The van der Waals surface area contributed by atoms with Gasteiger partial charge in [-0.25, -0.2) is 4.79 Å². The highest BCUT2D eigenvalue weighted by atomic mass is 16.5. The molecule has 3 rings (SSSR count). The van der Waals surface area contributed by atoms with E-state index in [1.54, 1.807) is 4.68 Å². The van der Waals surface area contributed by atoms with Gasteiger partial charge in [0.05, 0.1) is 12.2 Å². The van der Waals surface area contributed by atoms with E-state index in [1.165, 1.54) is 0 Å². The lowest BCUT2D eigenvalue weighted by atomic mass is 9.98. The molecule has 2 atom stereocenters. The second-order valence-electron chi connectivity index (χ2n) is 6.06. The van der Waals surface area contributed by atoms with E-state index >= 15 is 0 Å². The number of nitrogens with zero attached hydrogens (tertiary/aromatic N) is 4. The Balaban J connectivity index is 1.65. The van der Waals surface area contributed by atoms with E-state index in [-0.39, 0.29) is 18.2 Å². The third kappa shape index (κ3) is 3.59. The summed E-state index contributed by atoms with van der Waals surface area (Å²) in [5.74, 6) is 0.541. The van der Waals surface area contributed by atoms with Crippen LogP contribution in [0.5, 0.6) is 0 Å². The number of hydrogen-bond acceptors (Lipinski definition) is 4. The van der Waals surface area contributed by atoms with E-state index < -0.39 is 0 Å². The molecule has 2 aromatic rings. The highest BCUT2D eigenvalue weighted by Gasteiger charge is 2.30. The quantitative estimate of drug-likeness (QED) is 0.896. The second-order valence-corrected chi connectivity index (χ2v) is 6.06. The molecule has 0 aliphatic carbocycles. The van der Waals surface area contributed by atoms with Gasteiger partial charge in [-0.2, -0.15) is 10.2 Å². The number of aryl methyl sites for hydroxylation is 3. The van der Waals surface area contributed by atoms with Crippen LogP contribution >= 0.6 is 0 Å². The summed E-state index contributed by atoms with van der Waals surface area (Å²) in [7, 11) is 1.84. The van der Waals surface area contributed by atoms with Crippen molar-refractivity contribution in [2.45, 2.75) is 45.4 Å². The number of ether oxygens (including phenoxy) is 1. The summed E-state index contributed by atoms with van der Waals surface area (Å²) >= 11 is 0. The largest absolute Gasteiger partial charge is 0.371 e. The fraction of sp³-hybridized carbons (Fsp3) is 0.562. The number of nitrogens with one attached hydrogen (secondary N) is 2. The van der Waals surface area contributed by atoms with Crippen molar-refractivity contribution in [3.63, 3.8) is 0 Å². The Hall–Kier alpha value is -2.35. The molecule has 8 heteroatoms. The molecule has 3 heterocycles. The molecular formula is C16H24N6O2. The number of anilines is 1. The number of rotatable bonds is 4. The fourth-order valence-corrected chi connectivity index (χ4v) is 2.90. The lowest BCUT2D eigenvalue weighted by Crippen LogP contribution is -2.44. The fourth-order valence-electron chi connectivity index (χ4n) is 2.90. The zero-order valence-electron chi connectivity index (χ0n) is 14.3. The van der Waals surface area contributed by atoms with Gasteiger partial charge in [-0.05, 0) is 26.7 Å². The van der Waals surface area contributed by atoms with Crippen LogP contribution in [0.2, 0.25) is 0 Å². The van der Waals surface area contributed by atoms with Crippen LogP contribution in [-0.2, 0) is 18.3 Å². The van der Waals surface area contributed by atoms with E-state index in [2.05, 4.69) is 20.8 Å². The standard InChI is InChI=1S/C16H24N6O2/c1-4-22-10-12(9-17-22)15-13(6-5-7-24-15)18-16(23)19-14-8-11(2)21(3)20-14/h8-10,13,15H,4-7H2,1-3H3,(H2,18,19,20,23)/t13-,15+/m0/s1. The predicted octanol–water partition coefficient (Wildman–Crippen LogP) is 1.99. The highest BCUT2D eigenvalue weighted by Crippen LogP contribution is 2.28. The number of hydrogen-bond donors (Lipinski definition) is 2. The van der Waals surface area contributed by atoms with Gasteiger partial charge in [-0.15, -0.1) is 0 Å². The number of urea groups is 1. The van der Waals surface area contributed by atoms with Crippen molar-refractivity contribution in [3.8, 4) is 0 Å². The summed E-state index contributed by atoms with van der Waals surface area (Å²) in [5.41, 5.74) is 1.98. The first kappa shape index (κ1) is 16.5. The van der Waals surface area contributed by atoms with Crippen molar-refractivity contribution in [2.75, 3.05) is 11.9 Å². The van der Waals surface area contributed by atoms with Crippen LogP contribution in [0.15, 0.2) is 18.5 Å². The molecule has 1 aliphatic heterocycles. The normalized spacial score (nSPS) is 20.8. The van der Waals surface area contributed by atoms with Crippen molar-refractivity contribution in [3.05, 3.63) is 29.7 Å². The smallest absolute Gasteiger partial charge is 0.320 e. The number of amides is 2. The average Bonchev–Trinajstić information content (AvgIpc) is 3.15. The van der Waals surface area contributed by atoms with E-state index in [1.807, 2.05) is 44.0 Å². The van der Waals surface area contributed by atoms with Crippen LogP contribution in [0.3, 0.4) is 0 Å². The lowest BCUT2D eigenvalue weighted by Gasteiger charge is -2.31. The molecule has 8 nitrogen and oxygen atoms in total. The van der Waals surface area contributed by atoms with E-state index in [0.29, 0.717) is 12.4 Å². The minimum atomic E-state index is -0.267. The minimum Gasteiger partial charge on any atom is -0.371 e. The van der Waals surface area contributed by atoms with Gasteiger partial charge in [-0.1, -0.05) is 0 Å². The van der Waals surface area contributed by atoms with Gasteiger partial charge in [0, 0.05) is 43.7 Å².